The summed E-state index contributed by atoms with van der Waals surface area (Å²) in [6, 6.07) is 7.59. The van der Waals surface area contributed by atoms with Crippen LogP contribution >= 0.6 is 11.6 Å². The van der Waals surface area contributed by atoms with Crippen LogP contribution in [0.3, 0.4) is 0 Å². The minimum atomic E-state index is -3.96. The average molecular weight is 610 g/mol. The topological polar surface area (TPSA) is 78.0 Å². The van der Waals surface area contributed by atoms with Crippen LogP contribution in [0.25, 0.3) is 0 Å². The summed E-state index contributed by atoms with van der Waals surface area (Å²) >= 11 is 5.61. The van der Waals surface area contributed by atoms with Crippen molar-refractivity contribution in [2.75, 3.05) is 25.9 Å². The molecule has 0 bridgehead atoms. The van der Waals surface area contributed by atoms with Gasteiger partial charge in [-0.2, -0.15) is 4.31 Å². The number of sulfonamides is 1. The van der Waals surface area contributed by atoms with Crippen molar-refractivity contribution in [1.29, 1.82) is 0 Å². The number of halogens is 3. The molecule has 1 aliphatic rings. The zero-order chi connectivity index (χ0) is 29.9. The maximum atomic E-state index is 13.7. The molecule has 0 N–H and O–H groups in total. The quantitative estimate of drug-likeness (QED) is 0.333. The molecule has 1 saturated heterocycles. The standard InChI is InChI=1S/C20H35F2N3O4S2.C7H7Cl/c1-7-8-20(26)24(15(2)3)14-19-23(6)30(27)12-11-25(19)31(28,29)17(5)9-10-18(22)13-16(4)21;1-6-2-4-7(8)5-3-6/h9-10,13,15-17,19H,7-8,11-12,14H2,1-6H3;2-5H,1H3/b10-9-,18-13+;. The molecule has 4 unspecified atom stereocenters. The normalized spacial score (nSPS) is 20.9. The number of rotatable bonds is 10. The Morgan fingerprint density at radius 3 is 2.31 bits per heavy atom. The van der Waals surface area contributed by atoms with Crippen LogP contribution in [0.5, 0.6) is 0 Å². The fourth-order valence-electron chi connectivity index (χ4n) is 3.76. The molecule has 1 aromatic carbocycles. The molecule has 0 aromatic heterocycles. The molecule has 7 nitrogen and oxygen atoms in total. The number of aryl methyl sites for hydroxylation is 1. The number of alkyl halides is 1. The first-order chi connectivity index (χ1) is 18.1. The average Bonchev–Trinajstić information content (AvgIpc) is 2.84. The van der Waals surface area contributed by atoms with E-state index >= 15 is 0 Å². The van der Waals surface area contributed by atoms with Crippen LogP contribution < -0.4 is 0 Å². The summed E-state index contributed by atoms with van der Waals surface area (Å²) < 4.78 is 68.2. The van der Waals surface area contributed by atoms with Gasteiger partial charge in [0.15, 0.2) is 0 Å². The zero-order valence-corrected chi connectivity index (χ0v) is 26.2. The van der Waals surface area contributed by atoms with Crippen LogP contribution in [0.1, 0.15) is 53.0 Å². The molecule has 0 aliphatic carbocycles. The Kier molecular flexibility index (Phi) is 15.0. The van der Waals surface area contributed by atoms with Crippen molar-refractivity contribution in [2.24, 2.45) is 0 Å². The highest BCUT2D eigenvalue weighted by Gasteiger charge is 2.42. The highest BCUT2D eigenvalue weighted by Crippen LogP contribution is 2.23. The summed E-state index contributed by atoms with van der Waals surface area (Å²) in [6.07, 6.45) is 1.53. The molecule has 1 fully saturated rings. The number of likely N-dealkylation sites (N-methyl/N-ethyl adjacent to an activating group) is 1. The minimum Gasteiger partial charge on any atom is -0.337 e. The lowest BCUT2D eigenvalue weighted by molar-refractivity contribution is -0.134. The molecule has 1 amide bonds. The van der Waals surface area contributed by atoms with E-state index in [0.717, 1.165) is 23.3 Å². The largest absolute Gasteiger partial charge is 0.337 e. The first-order valence-corrected chi connectivity index (χ1v) is 16.1. The molecular weight excluding hydrogens is 568 g/mol. The number of hydrogen-bond acceptors (Lipinski definition) is 4. The molecule has 2 rings (SSSR count). The van der Waals surface area contributed by atoms with Crippen molar-refractivity contribution < 1.29 is 26.2 Å². The summed E-state index contributed by atoms with van der Waals surface area (Å²) in [5.41, 5.74) is 1.24. The summed E-state index contributed by atoms with van der Waals surface area (Å²) in [5.74, 6) is -0.831. The van der Waals surface area contributed by atoms with E-state index in [4.69, 9.17) is 11.6 Å². The molecule has 0 spiro atoms. The molecule has 12 heteroatoms. The van der Waals surface area contributed by atoms with Gasteiger partial charge >= 0.3 is 0 Å². The maximum Gasteiger partial charge on any atom is 0.222 e. The van der Waals surface area contributed by atoms with Crippen molar-refractivity contribution >= 4 is 38.5 Å². The van der Waals surface area contributed by atoms with Gasteiger partial charge in [0.05, 0.1) is 28.5 Å². The van der Waals surface area contributed by atoms with Crippen LogP contribution in [-0.4, -0.2) is 81.6 Å². The number of hydrogen-bond donors (Lipinski definition) is 0. The second kappa shape index (κ2) is 16.6. The molecule has 1 aromatic rings. The third-order valence-corrected chi connectivity index (χ3v) is 9.90. The molecule has 1 aliphatic heterocycles. The smallest absolute Gasteiger partial charge is 0.222 e. The summed E-state index contributed by atoms with van der Waals surface area (Å²) in [6.45, 7) is 10.3. The van der Waals surface area contributed by atoms with Gasteiger partial charge in [0.2, 0.25) is 15.9 Å². The number of amides is 1. The second-order valence-electron chi connectivity index (χ2n) is 9.69. The molecule has 1 heterocycles. The molecular formula is C27H42ClF2N3O4S2. The summed E-state index contributed by atoms with van der Waals surface area (Å²) in [4.78, 5) is 14.2. The number of benzene rings is 1. The Balaban J connectivity index is 0.000000806. The van der Waals surface area contributed by atoms with E-state index in [1.54, 1.807) is 11.9 Å². The van der Waals surface area contributed by atoms with Crippen LogP contribution in [0.15, 0.2) is 48.3 Å². The Bertz CT molecular complexity index is 1090. The first-order valence-electron chi connectivity index (χ1n) is 12.9. The zero-order valence-electron chi connectivity index (χ0n) is 23.8. The number of allylic oxidation sites excluding steroid dienone is 3. The SMILES string of the molecule is CCCC(=O)N(CC1N(C)S(=O)CCN1S(=O)(=O)C(C)/C=C\C(F)=C/C(C)F)C(C)C.Cc1ccc(Cl)cc1. The van der Waals surface area contributed by atoms with Crippen molar-refractivity contribution in [3.63, 3.8) is 0 Å². The van der Waals surface area contributed by atoms with Gasteiger partial charge in [0.1, 0.15) is 18.2 Å². The van der Waals surface area contributed by atoms with E-state index in [1.807, 2.05) is 52.0 Å². The minimum absolute atomic E-state index is 0.0237. The van der Waals surface area contributed by atoms with E-state index in [1.165, 1.54) is 28.0 Å². The van der Waals surface area contributed by atoms with E-state index < -0.39 is 44.4 Å². The van der Waals surface area contributed by atoms with Crippen LogP contribution in [-0.2, 0) is 25.8 Å². The third-order valence-electron chi connectivity index (χ3n) is 6.05. The van der Waals surface area contributed by atoms with Gasteiger partial charge in [-0.25, -0.2) is 25.7 Å². The first kappa shape index (κ1) is 35.4. The van der Waals surface area contributed by atoms with E-state index in [0.29, 0.717) is 12.8 Å². The van der Waals surface area contributed by atoms with Crippen LogP contribution in [0, 0.1) is 6.92 Å². The highest BCUT2D eigenvalue weighted by molar-refractivity contribution is 7.90. The predicted molar refractivity (Wildman–Crippen MR) is 156 cm³/mol. The summed E-state index contributed by atoms with van der Waals surface area (Å²) in [7, 11) is -3.78. The fourth-order valence-corrected chi connectivity index (χ4v) is 6.75. The Hall–Kier alpha value is -1.66. The van der Waals surface area contributed by atoms with Gasteiger partial charge in [0.25, 0.3) is 0 Å². The van der Waals surface area contributed by atoms with E-state index in [9.17, 15) is 26.2 Å². The van der Waals surface area contributed by atoms with Gasteiger partial charge < -0.3 is 4.90 Å². The number of carbonyl (C=O) groups is 1. The lowest BCUT2D eigenvalue weighted by Gasteiger charge is -2.43. The second-order valence-corrected chi connectivity index (χ2v) is 14.0. The lowest BCUT2D eigenvalue weighted by Crippen LogP contribution is -2.62. The van der Waals surface area contributed by atoms with E-state index in [2.05, 4.69) is 0 Å². The van der Waals surface area contributed by atoms with Gasteiger partial charge in [-0.05, 0) is 65.3 Å². The van der Waals surface area contributed by atoms with Crippen LogP contribution in [0.4, 0.5) is 8.78 Å². The van der Waals surface area contributed by atoms with Crippen molar-refractivity contribution in [2.45, 2.75) is 78.0 Å². The Labute approximate surface area is 240 Å². The van der Waals surface area contributed by atoms with Crippen molar-refractivity contribution in [3.05, 3.63) is 58.9 Å². The lowest BCUT2D eigenvalue weighted by atomic mass is 10.2. The predicted octanol–water partition coefficient (Wildman–Crippen LogP) is 5.40. The summed E-state index contributed by atoms with van der Waals surface area (Å²) in [5, 5.41) is -0.293. The van der Waals surface area contributed by atoms with E-state index in [-0.39, 0.29) is 30.8 Å². The Morgan fingerprint density at radius 2 is 1.82 bits per heavy atom. The monoisotopic (exact) mass is 609 g/mol. The maximum absolute atomic E-state index is 13.7. The van der Waals surface area contributed by atoms with Gasteiger partial charge in [-0.1, -0.05) is 42.3 Å². The van der Waals surface area contributed by atoms with Gasteiger partial charge in [0, 0.05) is 31.1 Å². The number of carbonyl (C=O) groups excluding carboxylic acids is 1. The number of nitrogens with zero attached hydrogens (tertiary/aromatic N) is 3. The highest BCUT2D eigenvalue weighted by atomic mass is 35.5. The third kappa shape index (κ3) is 11.4. The molecule has 4 atom stereocenters. The van der Waals surface area contributed by atoms with Gasteiger partial charge in [-0.15, -0.1) is 0 Å². The molecule has 0 saturated carbocycles. The Morgan fingerprint density at radius 1 is 1.23 bits per heavy atom. The van der Waals surface area contributed by atoms with Crippen LogP contribution in [0.2, 0.25) is 5.02 Å². The van der Waals surface area contributed by atoms with Crippen molar-refractivity contribution in [1.82, 2.24) is 13.5 Å². The van der Waals surface area contributed by atoms with Crippen molar-refractivity contribution in [3.8, 4) is 0 Å². The fraction of sp³-hybridized carbons (Fsp3) is 0.593. The molecule has 0 radical (unpaired) electrons. The van der Waals surface area contributed by atoms with Gasteiger partial charge in [-0.3, -0.25) is 4.79 Å². The molecule has 39 heavy (non-hydrogen) atoms. The molecule has 222 valence electrons.